The molecule has 0 aliphatic heterocycles. The van der Waals surface area contributed by atoms with Gasteiger partial charge >= 0.3 is 6.18 Å². The van der Waals surface area contributed by atoms with Crippen LogP contribution in [0.3, 0.4) is 0 Å². The quantitative estimate of drug-likeness (QED) is 0.782. The van der Waals surface area contributed by atoms with Crippen LogP contribution in [0.4, 0.5) is 17.6 Å². The van der Waals surface area contributed by atoms with E-state index in [2.05, 4.69) is 10.1 Å². The fourth-order valence-electron chi connectivity index (χ4n) is 1.75. The Morgan fingerprint density at radius 1 is 1.20 bits per heavy atom. The molecule has 0 amide bonds. The molecule has 0 saturated heterocycles. The van der Waals surface area contributed by atoms with Crippen molar-refractivity contribution in [3.05, 3.63) is 35.4 Å². The summed E-state index contributed by atoms with van der Waals surface area (Å²) in [6, 6.07) is 0.510. The highest BCUT2D eigenvalue weighted by atomic mass is 19.4. The maximum atomic E-state index is 13.8. The van der Waals surface area contributed by atoms with Crippen molar-refractivity contribution in [3.8, 4) is 11.4 Å². The van der Waals surface area contributed by atoms with Crippen LogP contribution in [0.5, 0.6) is 0 Å². The zero-order chi connectivity index (χ0) is 15.1. The molecule has 0 fully saturated rings. The van der Waals surface area contributed by atoms with Gasteiger partial charge in [-0.3, -0.25) is 9.67 Å². The molecule has 2 aromatic heterocycles. The molecule has 0 radical (unpaired) electrons. The molecule has 7 heteroatoms. The van der Waals surface area contributed by atoms with Crippen LogP contribution in [0, 0.1) is 12.7 Å². The predicted molar refractivity (Wildman–Crippen MR) is 65.5 cm³/mol. The number of rotatable bonds is 2. The van der Waals surface area contributed by atoms with Gasteiger partial charge in [0, 0.05) is 18.4 Å². The Bertz CT molecular complexity index is 629. The highest BCUT2D eigenvalue weighted by Gasteiger charge is 2.32. The lowest BCUT2D eigenvalue weighted by Gasteiger charge is -2.08. The van der Waals surface area contributed by atoms with Crippen molar-refractivity contribution in [1.29, 1.82) is 0 Å². The average molecular weight is 287 g/mol. The third-order valence-electron chi connectivity index (χ3n) is 2.84. The van der Waals surface area contributed by atoms with Gasteiger partial charge in [0.25, 0.3) is 0 Å². The first-order valence-corrected chi connectivity index (χ1v) is 5.99. The Balaban J connectivity index is 2.49. The molecule has 0 unspecified atom stereocenters. The number of aromatic nitrogens is 3. The SMILES string of the molecule is Cc1cn(C(C)C)nc1-c1ncc(C(F)(F)F)cc1F. The molecule has 0 aliphatic rings. The van der Waals surface area contributed by atoms with Crippen molar-refractivity contribution in [2.24, 2.45) is 0 Å². The molecule has 0 bridgehead atoms. The van der Waals surface area contributed by atoms with Crippen LogP contribution >= 0.6 is 0 Å². The van der Waals surface area contributed by atoms with Gasteiger partial charge in [-0.05, 0) is 32.4 Å². The van der Waals surface area contributed by atoms with Crippen LogP contribution in [0.1, 0.15) is 31.0 Å². The van der Waals surface area contributed by atoms with Gasteiger partial charge in [0.05, 0.1) is 5.56 Å². The van der Waals surface area contributed by atoms with Gasteiger partial charge < -0.3 is 0 Å². The van der Waals surface area contributed by atoms with Gasteiger partial charge in [0.2, 0.25) is 0 Å². The summed E-state index contributed by atoms with van der Waals surface area (Å²) >= 11 is 0. The fourth-order valence-corrected chi connectivity index (χ4v) is 1.75. The molecule has 2 rings (SSSR count). The van der Waals surface area contributed by atoms with E-state index in [1.807, 2.05) is 13.8 Å². The molecule has 108 valence electrons. The van der Waals surface area contributed by atoms with E-state index in [0.717, 1.165) is 0 Å². The van der Waals surface area contributed by atoms with Crippen molar-refractivity contribution >= 4 is 0 Å². The van der Waals surface area contributed by atoms with Crippen molar-refractivity contribution in [2.45, 2.75) is 33.0 Å². The number of halogens is 4. The minimum atomic E-state index is -4.61. The highest BCUT2D eigenvalue weighted by molar-refractivity contribution is 5.58. The Kier molecular flexibility index (Phi) is 3.54. The van der Waals surface area contributed by atoms with Crippen molar-refractivity contribution in [1.82, 2.24) is 14.8 Å². The number of aryl methyl sites for hydroxylation is 1. The fraction of sp³-hybridized carbons (Fsp3) is 0.385. The van der Waals surface area contributed by atoms with Crippen molar-refractivity contribution in [3.63, 3.8) is 0 Å². The van der Waals surface area contributed by atoms with Crippen LogP contribution in [0.15, 0.2) is 18.5 Å². The first-order valence-electron chi connectivity index (χ1n) is 5.99. The molecule has 0 N–H and O–H groups in total. The Labute approximate surface area is 113 Å². The topological polar surface area (TPSA) is 30.7 Å². The minimum Gasteiger partial charge on any atom is -0.269 e. The van der Waals surface area contributed by atoms with E-state index in [0.29, 0.717) is 17.8 Å². The lowest BCUT2D eigenvalue weighted by molar-refractivity contribution is -0.138. The molecule has 0 saturated carbocycles. The van der Waals surface area contributed by atoms with E-state index < -0.39 is 17.6 Å². The summed E-state index contributed by atoms with van der Waals surface area (Å²) in [5, 5.41) is 4.17. The molecule has 0 spiro atoms. The van der Waals surface area contributed by atoms with E-state index in [-0.39, 0.29) is 17.4 Å². The highest BCUT2D eigenvalue weighted by Crippen LogP contribution is 2.31. The monoisotopic (exact) mass is 287 g/mol. The molecule has 3 nitrogen and oxygen atoms in total. The summed E-state index contributed by atoms with van der Waals surface area (Å²) in [5.41, 5.74) is -0.371. The van der Waals surface area contributed by atoms with Gasteiger partial charge in [0.15, 0.2) is 5.82 Å². The van der Waals surface area contributed by atoms with Crippen LogP contribution in [0.25, 0.3) is 11.4 Å². The van der Waals surface area contributed by atoms with E-state index >= 15 is 0 Å². The first-order chi connectivity index (χ1) is 9.20. The van der Waals surface area contributed by atoms with E-state index in [4.69, 9.17) is 0 Å². The molecule has 0 atom stereocenters. The molecule has 0 aliphatic carbocycles. The first kappa shape index (κ1) is 14.5. The average Bonchev–Trinajstić information content (AvgIpc) is 2.70. The number of nitrogens with zero attached hydrogens (tertiary/aromatic N) is 3. The second-order valence-electron chi connectivity index (χ2n) is 4.79. The second-order valence-corrected chi connectivity index (χ2v) is 4.79. The second kappa shape index (κ2) is 4.88. The summed E-state index contributed by atoms with van der Waals surface area (Å²) in [4.78, 5) is 3.58. The number of pyridine rings is 1. The standard InChI is InChI=1S/C13H13F4N3/c1-7(2)20-6-8(3)11(19-20)12-10(14)4-9(5-18-12)13(15,16)17/h4-7H,1-3H3. The summed E-state index contributed by atoms with van der Waals surface area (Å²) in [6.45, 7) is 5.50. The lowest BCUT2D eigenvalue weighted by Crippen LogP contribution is -2.07. The van der Waals surface area contributed by atoms with E-state index in [1.165, 1.54) is 0 Å². The number of hydrogen-bond donors (Lipinski definition) is 0. The number of hydrogen-bond acceptors (Lipinski definition) is 2. The zero-order valence-electron chi connectivity index (χ0n) is 11.2. The predicted octanol–water partition coefficient (Wildman–Crippen LogP) is 3.99. The van der Waals surface area contributed by atoms with Gasteiger partial charge in [-0.1, -0.05) is 0 Å². The Hall–Kier alpha value is -1.92. The Morgan fingerprint density at radius 2 is 1.85 bits per heavy atom. The number of alkyl halides is 3. The summed E-state index contributed by atoms with van der Waals surface area (Å²) in [7, 11) is 0. The molecular weight excluding hydrogens is 274 g/mol. The summed E-state index contributed by atoms with van der Waals surface area (Å²) in [5.74, 6) is -1.03. The van der Waals surface area contributed by atoms with Crippen LogP contribution in [0.2, 0.25) is 0 Å². The van der Waals surface area contributed by atoms with Crippen LogP contribution in [-0.4, -0.2) is 14.8 Å². The summed E-state index contributed by atoms with van der Waals surface area (Å²) in [6.07, 6.45) is -2.29. The van der Waals surface area contributed by atoms with Crippen LogP contribution in [-0.2, 0) is 6.18 Å². The summed E-state index contributed by atoms with van der Waals surface area (Å²) < 4.78 is 52.9. The Morgan fingerprint density at radius 3 is 2.30 bits per heavy atom. The lowest BCUT2D eigenvalue weighted by atomic mass is 10.1. The van der Waals surface area contributed by atoms with Crippen molar-refractivity contribution in [2.75, 3.05) is 0 Å². The molecule has 2 heterocycles. The van der Waals surface area contributed by atoms with Crippen LogP contribution < -0.4 is 0 Å². The normalized spacial score (nSPS) is 12.2. The maximum absolute atomic E-state index is 13.8. The minimum absolute atomic E-state index is 0.0694. The van der Waals surface area contributed by atoms with Gasteiger partial charge in [0.1, 0.15) is 11.4 Å². The largest absolute Gasteiger partial charge is 0.417 e. The van der Waals surface area contributed by atoms with Gasteiger partial charge in [-0.2, -0.15) is 18.3 Å². The molecular formula is C13H13F4N3. The van der Waals surface area contributed by atoms with Gasteiger partial charge in [-0.25, -0.2) is 4.39 Å². The van der Waals surface area contributed by atoms with Crippen molar-refractivity contribution < 1.29 is 17.6 Å². The molecule has 20 heavy (non-hydrogen) atoms. The van der Waals surface area contributed by atoms with E-state index in [1.54, 1.807) is 17.8 Å². The molecule has 2 aromatic rings. The molecule has 0 aromatic carbocycles. The maximum Gasteiger partial charge on any atom is 0.417 e. The third kappa shape index (κ3) is 2.66. The third-order valence-corrected chi connectivity index (χ3v) is 2.84. The van der Waals surface area contributed by atoms with Gasteiger partial charge in [-0.15, -0.1) is 0 Å². The zero-order valence-corrected chi connectivity index (χ0v) is 11.2. The smallest absolute Gasteiger partial charge is 0.269 e. The van der Waals surface area contributed by atoms with E-state index in [9.17, 15) is 17.6 Å².